The Bertz CT molecular complexity index is 1150. The molecule has 0 aliphatic carbocycles. The SMILES string of the molecule is Cc1nc2ccccn2c1/C(O)=C1\C(=O)C(=O)N(CCN(C)C)[C@@H]1c1cccnc1. The van der Waals surface area contributed by atoms with Crippen LogP contribution < -0.4 is 0 Å². The van der Waals surface area contributed by atoms with Gasteiger partial charge in [0.15, 0.2) is 5.76 Å². The van der Waals surface area contributed by atoms with Crippen molar-refractivity contribution < 1.29 is 14.7 Å². The summed E-state index contributed by atoms with van der Waals surface area (Å²) in [6.45, 7) is 2.70. The van der Waals surface area contributed by atoms with E-state index >= 15 is 0 Å². The molecular weight excluding hydrogens is 382 g/mol. The van der Waals surface area contributed by atoms with Crippen LogP contribution in [0.3, 0.4) is 0 Å². The van der Waals surface area contributed by atoms with Gasteiger partial charge in [-0.15, -0.1) is 0 Å². The maximum Gasteiger partial charge on any atom is 0.295 e. The molecular formula is C22H23N5O3. The summed E-state index contributed by atoms with van der Waals surface area (Å²) in [5.41, 5.74) is 2.36. The molecule has 0 radical (unpaired) electrons. The van der Waals surface area contributed by atoms with E-state index in [1.54, 1.807) is 42.0 Å². The molecule has 0 spiro atoms. The molecule has 0 aromatic carbocycles. The minimum atomic E-state index is -0.715. The lowest BCUT2D eigenvalue weighted by Crippen LogP contribution is -2.35. The lowest BCUT2D eigenvalue weighted by atomic mass is 9.97. The quantitative estimate of drug-likeness (QED) is 0.397. The molecule has 1 N–H and O–H groups in total. The van der Waals surface area contributed by atoms with Crippen LogP contribution in [0.15, 0.2) is 54.5 Å². The molecule has 1 atom stereocenters. The number of amides is 1. The summed E-state index contributed by atoms with van der Waals surface area (Å²) in [5, 5.41) is 11.3. The molecule has 1 aliphatic heterocycles. The number of likely N-dealkylation sites (tertiary alicyclic amines) is 1. The highest BCUT2D eigenvalue weighted by Gasteiger charge is 2.46. The second kappa shape index (κ2) is 7.72. The number of likely N-dealkylation sites (N-methyl/N-ethyl adjacent to an activating group) is 1. The minimum Gasteiger partial charge on any atom is -0.505 e. The second-order valence-electron chi connectivity index (χ2n) is 7.56. The topological polar surface area (TPSA) is 91.0 Å². The molecule has 1 aliphatic rings. The van der Waals surface area contributed by atoms with Gasteiger partial charge in [0.25, 0.3) is 11.7 Å². The number of hydrogen-bond donors (Lipinski definition) is 1. The fourth-order valence-electron chi connectivity index (χ4n) is 3.83. The smallest absolute Gasteiger partial charge is 0.295 e. The summed E-state index contributed by atoms with van der Waals surface area (Å²) < 4.78 is 1.72. The van der Waals surface area contributed by atoms with Crippen LogP contribution >= 0.6 is 0 Å². The predicted octanol–water partition coefficient (Wildman–Crippen LogP) is 2.02. The normalized spacial score (nSPS) is 18.7. The Labute approximate surface area is 174 Å². The van der Waals surface area contributed by atoms with Crippen molar-refractivity contribution in [2.75, 3.05) is 27.2 Å². The van der Waals surface area contributed by atoms with E-state index in [2.05, 4.69) is 9.97 Å². The van der Waals surface area contributed by atoms with Crippen LogP contribution in [0.2, 0.25) is 0 Å². The van der Waals surface area contributed by atoms with Crippen molar-refractivity contribution in [1.29, 1.82) is 0 Å². The molecule has 0 saturated carbocycles. The van der Waals surface area contributed by atoms with Gasteiger partial charge < -0.3 is 14.9 Å². The maximum atomic E-state index is 13.1. The molecule has 0 unspecified atom stereocenters. The first kappa shape index (κ1) is 19.8. The van der Waals surface area contributed by atoms with Crippen molar-refractivity contribution in [3.8, 4) is 0 Å². The molecule has 3 aromatic rings. The Morgan fingerprint density at radius 2 is 2.00 bits per heavy atom. The van der Waals surface area contributed by atoms with Gasteiger partial charge in [-0.25, -0.2) is 4.98 Å². The van der Waals surface area contributed by atoms with Crippen LogP contribution in [-0.4, -0.2) is 68.2 Å². The molecule has 1 amide bonds. The number of rotatable bonds is 5. The van der Waals surface area contributed by atoms with Crippen LogP contribution in [0.1, 0.15) is 23.0 Å². The average Bonchev–Trinajstić information content (AvgIpc) is 3.20. The number of ketones is 1. The first-order valence-corrected chi connectivity index (χ1v) is 9.67. The standard InChI is InChI=1S/C22H23N5O3/c1-14-18(26-10-5-4-8-16(26)24-14)20(28)17-19(15-7-6-9-23-13-15)27(12-11-25(2)3)22(30)21(17)29/h4-10,13,19,28H,11-12H2,1-3H3/b20-17+/t19-/m1/s1. The number of aliphatic hydroxyl groups is 1. The number of aromatic nitrogens is 3. The highest BCUT2D eigenvalue weighted by Crippen LogP contribution is 2.39. The van der Waals surface area contributed by atoms with E-state index in [0.29, 0.717) is 35.7 Å². The van der Waals surface area contributed by atoms with Gasteiger partial charge >= 0.3 is 0 Å². The number of hydrogen-bond acceptors (Lipinski definition) is 6. The zero-order valence-electron chi connectivity index (χ0n) is 17.1. The largest absolute Gasteiger partial charge is 0.505 e. The molecule has 8 nitrogen and oxygen atoms in total. The minimum absolute atomic E-state index is 0.0560. The number of aryl methyl sites for hydroxylation is 1. The molecule has 0 bridgehead atoms. The second-order valence-corrected chi connectivity index (χ2v) is 7.56. The molecule has 1 fully saturated rings. The fraction of sp³-hybridized carbons (Fsp3) is 0.273. The van der Waals surface area contributed by atoms with E-state index in [-0.39, 0.29) is 11.3 Å². The van der Waals surface area contributed by atoms with Gasteiger partial charge in [0.1, 0.15) is 11.3 Å². The highest BCUT2D eigenvalue weighted by molar-refractivity contribution is 6.46. The van der Waals surface area contributed by atoms with Crippen LogP contribution in [0, 0.1) is 6.92 Å². The molecule has 4 rings (SSSR count). The van der Waals surface area contributed by atoms with Crippen molar-refractivity contribution in [2.45, 2.75) is 13.0 Å². The van der Waals surface area contributed by atoms with E-state index in [1.807, 2.05) is 37.2 Å². The van der Waals surface area contributed by atoms with Crippen LogP contribution in [0.5, 0.6) is 0 Å². The van der Waals surface area contributed by atoms with Crippen molar-refractivity contribution in [3.63, 3.8) is 0 Å². The van der Waals surface area contributed by atoms with Gasteiger partial charge in [-0.3, -0.25) is 19.0 Å². The van der Waals surface area contributed by atoms with Gasteiger partial charge in [-0.2, -0.15) is 0 Å². The monoisotopic (exact) mass is 405 g/mol. The Kier molecular flexibility index (Phi) is 5.09. The Hall–Kier alpha value is -3.52. The zero-order chi connectivity index (χ0) is 21.4. The Morgan fingerprint density at radius 1 is 1.20 bits per heavy atom. The van der Waals surface area contributed by atoms with Crippen LogP contribution in [-0.2, 0) is 9.59 Å². The number of fused-ring (bicyclic) bond motifs is 1. The molecule has 154 valence electrons. The first-order valence-electron chi connectivity index (χ1n) is 9.67. The van der Waals surface area contributed by atoms with E-state index in [9.17, 15) is 14.7 Å². The Morgan fingerprint density at radius 3 is 2.70 bits per heavy atom. The lowest BCUT2D eigenvalue weighted by Gasteiger charge is -2.26. The summed E-state index contributed by atoms with van der Waals surface area (Å²) in [6, 6.07) is 8.33. The van der Waals surface area contributed by atoms with E-state index in [0.717, 1.165) is 0 Å². The third-order valence-corrected chi connectivity index (χ3v) is 5.26. The number of aliphatic hydroxyl groups excluding tert-OH is 1. The van der Waals surface area contributed by atoms with Crippen molar-refractivity contribution in [1.82, 2.24) is 24.2 Å². The number of nitrogens with zero attached hydrogens (tertiary/aromatic N) is 5. The summed E-state index contributed by atoms with van der Waals surface area (Å²) in [6.07, 6.45) is 5.02. The zero-order valence-corrected chi connectivity index (χ0v) is 17.1. The summed E-state index contributed by atoms with van der Waals surface area (Å²) in [5.74, 6) is -1.56. The van der Waals surface area contributed by atoms with Crippen LogP contribution in [0.25, 0.3) is 11.4 Å². The van der Waals surface area contributed by atoms with Gasteiger partial charge in [-0.1, -0.05) is 12.1 Å². The van der Waals surface area contributed by atoms with Gasteiger partial charge in [0.05, 0.1) is 17.3 Å². The fourth-order valence-corrected chi connectivity index (χ4v) is 3.83. The van der Waals surface area contributed by atoms with E-state index < -0.39 is 17.7 Å². The average molecular weight is 405 g/mol. The molecule has 30 heavy (non-hydrogen) atoms. The predicted molar refractivity (Wildman–Crippen MR) is 112 cm³/mol. The van der Waals surface area contributed by atoms with Crippen molar-refractivity contribution >= 4 is 23.1 Å². The third-order valence-electron chi connectivity index (χ3n) is 5.26. The van der Waals surface area contributed by atoms with E-state index in [1.165, 1.54) is 4.90 Å². The van der Waals surface area contributed by atoms with Gasteiger partial charge in [0, 0.05) is 31.7 Å². The molecule has 3 aromatic heterocycles. The maximum absolute atomic E-state index is 13.1. The number of carbonyl (C=O) groups is 2. The summed E-state index contributed by atoms with van der Waals surface area (Å²) in [7, 11) is 3.80. The first-order chi connectivity index (χ1) is 14.4. The van der Waals surface area contributed by atoms with Crippen molar-refractivity contribution in [2.24, 2.45) is 0 Å². The highest BCUT2D eigenvalue weighted by atomic mass is 16.3. The molecule has 1 saturated heterocycles. The van der Waals surface area contributed by atoms with Crippen LogP contribution in [0.4, 0.5) is 0 Å². The van der Waals surface area contributed by atoms with Gasteiger partial charge in [-0.05, 0) is 44.8 Å². The number of carbonyl (C=O) groups excluding carboxylic acids is 2. The number of Topliss-reactive ketones (excluding diaryl/α,β-unsaturated/α-hetero) is 1. The Balaban J connectivity index is 1.92. The third kappa shape index (κ3) is 3.25. The van der Waals surface area contributed by atoms with Crippen molar-refractivity contribution in [3.05, 3.63) is 71.4 Å². The molecule has 8 heteroatoms. The lowest BCUT2D eigenvalue weighted by molar-refractivity contribution is -0.140. The molecule has 4 heterocycles. The number of imidazole rings is 1. The summed E-state index contributed by atoms with van der Waals surface area (Å²) in [4.78, 5) is 38.0. The number of pyridine rings is 2. The summed E-state index contributed by atoms with van der Waals surface area (Å²) >= 11 is 0. The van der Waals surface area contributed by atoms with E-state index in [4.69, 9.17) is 0 Å². The van der Waals surface area contributed by atoms with Gasteiger partial charge in [0.2, 0.25) is 0 Å².